The molecule has 7 heavy (non-hydrogen) atoms. The fourth-order valence-electron chi connectivity index (χ4n) is 0.574. The normalized spacial score (nSPS) is 19.7. The van der Waals surface area contributed by atoms with Crippen LogP contribution in [0.25, 0.3) is 0 Å². The summed E-state index contributed by atoms with van der Waals surface area (Å²) >= 11 is 0. The van der Waals surface area contributed by atoms with Gasteiger partial charge in [-0.25, -0.2) is 0 Å². The zero-order chi connectivity index (χ0) is 5.28. The Morgan fingerprint density at radius 3 is 2.43 bits per heavy atom. The van der Waals surface area contributed by atoms with Gasteiger partial charge in [-0.2, -0.15) is 0 Å². The maximum Gasteiger partial charge on any atom is 0.457 e. The van der Waals surface area contributed by atoms with Crippen LogP contribution < -0.4 is 0 Å². The van der Waals surface area contributed by atoms with Crippen molar-refractivity contribution < 1.29 is 9.68 Å². The molecule has 2 nitrogen and oxygen atoms in total. The number of rotatable bonds is 2. The molecule has 0 atom stereocenters. The van der Waals surface area contributed by atoms with Crippen LogP contribution in [0.5, 0.6) is 0 Å². The lowest BCUT2D eigenvalue weighted by atomic mass is 9.83. The van der Waals surface area contributed by atoms with Gasteiger partial charge in [0.1, 0.15) is 0 Å². The molecule has 1 saturated carbocycles. The van der Waals surface area contributed by atoms with E-state index in [0.29, 0.717) is 5.82 Å². The first-order valence-corrected chi connectivity index (χ1v) is 2.55. The highest BCUT2D eigenvalue weighted by Crippen LogP contribution is 2.37. The van der Waals surface area contributed by atoms with Crippen LogP contribution in [0.4, 0.5) is 0 Å². The van der Waals surface area contributed by atoms with Crippen LogP contribution >= 0.6 is 0 Å². The topological polar surface area (TPSA) is 29.5 Å². The summed E-state index contributed by atoms with van der Waals surface area (Å²) < 4.78 is 4.63. The first-order chi connectivity index (χ1) is 3.34. The Labute approximate surface area is 43.6 Å². The van der Waals surface area contributed by atoms with Crippen molar-refractivity contribution in [2.75, 3.05) is 7.11 Å². The second-order valence-electron chi connectivity index (χ2n) is 1.96. The molecule has 1 fully saturated rings. The van der Waals surface area contributed by atoms with Gasteiger partial charge in [-0.1, -0.05) is 12.8 Å². The van der Waals surface area contributed by atoms with E-state index in [9.17, 15) is 0 Å². The van der Waals surface area contributed by atoms with Crippen molar-refractivity contribution in [3.63, 3.8) is 0 Å². The van der Waals surface area contributed by atoms with E-state index in [1.165, 1.54) is 7.11 Å². The molecule has 0 aromatic heterocycles. The highest BCUT2D eigenvalue weighted by Gasteiger charge is 2.34. The van der Waals surface area contributed by atoms with E-state index in [-0.39, 0.29) is 0 Å². The van der Waals surface area contributed by atoms with E-state index < -0.39 is 7.12 Å². The van der Waals surface area contributed by atoms with Gasteiger partial charge < -0.3 is 9.68 Å². The number of hydrogen-bond acceptors (Lipinski definition) is 2. The lowest BCUT2D eigenvalue weighted by molar-refractivity contribution is 0.324. The molecule has 0 unspecified atom stereocenters. The standard InChI is InChI=1S/C4H9BO2/c1-7-5(6)4-2-3-4/h4,6H,2-3H2,1H3. The summed E-state index contributed by atoms with van der Waals surface area (Å²) in [7, 11) is 1.04. The Hall–Kier alpha value is -0.0151. The van der Waals surface area contributed by atoms with Crippen molar-refractivity contribution in [1.82, 2.24) is 0 Å². The van der Waals surface area contributed by atoms with Gasteiger partial charge in [0, 0.05) is 7.11 Å². The van der Waals surface area contributed by atoms with Crippen molar-refractivity contribution in [2.45, 2.75) is 18.7 Å². The first-order valence-electron chi connectivity index (χ1n) is 2.55. The van der Waals surface area contributed by atoms with E-state index in [1.807, 2.05) is 0 Å². The molecule has 0 aromatic rings. The molecule has 1 N–H and O–H groups in total. The minimum atomic E-state index is -0.486. The molecule has 0 amide bonds. The van der Waals surface area contributed by atoms with Gasteiger partial charge in [0.2, 0.25) is 0 Å². The van der Waals surface area contributed by atoms with E-state index in [4.69, 9.17) is 5.02 Å². The molecule has 1 aliphatic carbocycles. The Morgan fingerprint density at radius 2 is 2.29 bits per heavy atom. The lowest BCUT2D eigenvalue weighted by Gasteiger charge is -1.95. The molecule has 0 aromatic carbocycles. The predicted molar refractivity (Wildman–Crippen MR) is 28.0 cm³/mol. The maximum atomic E-state index is 8.78. The van der Waals surface area contributed by atoms with Crippen LogP contribution in [-0.2, 0) is 4.65 Å². The maximum absolute atomic E-state index is 8.78. The summed E-state index contributed by atoms with van der Waals surface area (Å²) in [6.07, 6.45) is 2.27. The molecule has 1 aliphatic rings. The Bertz CT molecular complexity index is 62.7. The van der Waals surface area contributed by atoms with Crippen LogP contribution in [-0.4, -0.2) is 19.3 Å². The largest absolute Gasteiger partial charge is 0.457 e. The molecular weight excluding hydrogens is 90.9 g/mol. The van der Waals surface area contributed by atoms with Crippen molar-refractivity contribution in [1.29, 1.82) is 0 Å². The molecule has 40 valence electrons. The highest BCUT2D eigenvalue weighted by atomic mass is 16.5. The molecule has 0 heterocycles. The summed E-state index contributed by atoms with van der Waals surface area (Å²) in [6, 6.07) is 0. The van der Waals surface area contributed by atoms with Crippen molar-refractivity contribution in [3.05, 3.63) is 0 Å². The summed E-state index contributed by atoms with van der Waals surface area (Å²) in [6.45, 7) is 0. The molecule has 0 saturated heterocycles. The monoisotopic (exact) mass is 100 g/mol. The minimum Gasteiger partial charge on any atom is -0.427 e. The van der Waals surface area contributed by atoms with E-state index in [0.717, 1.165) is 12.8 Å². The Balaban J connectivity index is 2.10. The molecule has 0 radical (unpaired) electrons. The summed E-state index contributed by atoms with van der Waals surface area (Å²) in [4.78, 5) is 0. The average Bonchev–Trinajstić information content (AvgIpc) is 2.44. The molecule has 0 bridgehead atoms. The third-order valence-electron chi connectivity index (χ3n) is 1.27. The van der Waals surface area contributed by atoms with Gasteiger partial charge in [0.05, 0.1) is 0 Å². The quantitative estimate of drug-likeness (QED) is 0.505. The molecule has 1 rings (SSSR count). The summed E-state index contributed by atoms with van der Waals surface area (Å²) in [5.74, 6) is 0.449. The zero-order valence-corrected chi connectivity index (χ0v) is 4.42. The van der Waals surface area contributed by atoms with Crippen LogP contribution in [0.2, 0.25) is 5.82 Å². The van der Waals surface area contributed by atoms with E-state index >= 15 is 0 Å². The van der Waals surface area contributed by atoms with Crippen LogP contribution in [0.15, 0.2) is 0 Å². The predicted octanol–water partition coefficient (Wildman–Crippen LogP) is 0.277. The zero-order valence-electron chi connectivity index (χ0n) is 4.42. The molecular formula is C4H9BO2. The highest BCUT2D eigenvalue weighted by molar-refractivity contribution is 6.45. The molecule has 3 heteroatoms. The smallest absolute Gasteiger partial charge is 0.427 e. The summed E-state index contributed by atoms with van der Waals surface area (Å²) in [5, 5.41) is 8.78. The second-order valence-corrected chi connectivity index (χ2v) is 1.96. The molecule has 0 spiro atoms. The van der Waals surface area contributed by atoms with Gasteiger partial charge in [0.25, 0.3) is 0 Å². The van der Waals surface area contributed by atoms with Crippen molar-refractivity contribution in [3.8, 4) is 0 Å². The average molecular weight is 99.9 g/mol. The first kappa shape index (κ1) is 5.13. The van der Waals surface area contributed by atoms with Crippen molar-refractivity contribution in [2.24, 2.45) is 0 Å². The van der Waals surface area contributed by atoms with Gasteiger partial charge in [0.15, 0.2) is 0 Å². The van der Waals surface area contributed by atoms with Crippen LogP contribution in [0, 0.1) is 0 Å². The fraction of sp³-hybridized carbons (Fsp3) is 1.00. The Kier molecular flexibility index (Phi) is 1.35. The van der Waals surface area contributed by atoms with Crippen LogP contribution in [0.3, 0.4) is 0 Å². The van der Waals surface area contributed by atoms with Gasteiger partial charge in [-0.3, -0.25) is 0 Å². The minimum absolute atomic E-state index is 0.449. The van der Waals surface area contributed by atoms with E-state index in [1.54, 1.807) is 0 Å². The van der Waals surface area contributed by atoms with Crippen molar-refractivity contribution >= 4 is 7.12 Å². The van der Waals surface area contributed by atoms with Crippen LogP contribution in [0.1, 0.15) is 12.8 Å². The fourth-order valence-corrected chi connectivity index (χ4v) is 0.574. The number of hydrogen-bond donors (Lipinski definition) is 1. The summed E-state index contributed by atoms with van der Waals surface area (Å²) in [5.41, 5.74) is 0. The van der Waals surface area contributed by atoms with Gasteiger partial charge >= 0.3 is 7.12 Å². The Morgan fingerprint density at radius 1 is 1.71 bits per heavy atom. The van der Waals surface area contributed by atoms with E-state index in [2.05, 4.69) is 4.65 Å². The third-order valence-corrected chi connectivity index (χ3v) is 1.27. The van der Waals surface area contributed by atoms with Gasteiger partial charge in [-0.05, 0) is 5.82 Å². The van der Waals surface area contributed by atoms with Gasteiger partial charge in [-0.15, -0.1) is 0 Å². The SMILES string of the molecule is COB(O)C1CC1. The molecule has 0 aliphatic heterocycles. The third kappa shape index (κ3) is 1.18. The second kappa shape index (κ2) is 1.84. The lowest BCUT2D eigenvalue weighted by Crippen LogP contribution is -2.14.